The van der Waals surface area contributed by atoms with Crippen LogP contribution in [-0.4, -0.2) is 64.6 Å². The molecule has 4 nitrogen and oxygen atoms in total. The Bertz CT molecular complexity index is 183. The topological polar surface area (TPSA) is 33.7 Å². The van der Waals surface area contributed by atoms with Crippen molar-refractivity contribution in [2.45, 2.75) is 26.2 Å². The van der Waals surface area contributed by atoms with Crippen LogP contribution in [0.4, 0.5) is 0 Å². The summed E-state index contributed by atoms with van der Waals surface area (Å²) in [5, 5.41) is 3.50. The number of nitrogens with one attached hydrogen (secondary N) is 1. The number of rotatable bonds is 10. The molecule has 0 atom stereocenters. The first-order valence-electron chi connectivity index (χ1n) is 7.36. The second-order valence-electron chi connectivity index (χ2n) is 5.04. The molecule has 1 N–H and O–H groups in total. The lowest BCUT2D eigenvalue weighted by atomic mass is 9.97. The van der Waals surface area contributed by atoms with E-state index in [-0.39, 0.29) is 0 Å². The van der Waals surface area contributed by atoms with E-state index in [4.69, 9.17) is 9.47 Å². The highest BCUT2D eigenvalue weighted by atomic mass is 16.5. The zero-order chi connectivity index (χ0) is 13.1. The molecule has 1 aliphatic heterocycles. The lowest BCUT2D eigenvalue weighted by Crippen LogP contribution is -2.37. The van der Waals surface area contributed by atoms with E-state index in [1.165, 1.54) is 32.5 Å². The fraction of sp³-hybridized carbons (Fsp3) is 1.00. The van der Waals surface area contributed by atoms with Crippen molar-refractivity contribution in [1.82, 2.24) is 10.2 Å². The zero-order valence-electron chi connectivity index (χ0n) is 12.1. The minimum absolute atomic E-state index is 0.795. The van der Waals surface area contributed by atoms with Crippen LogP contribution in [0.3, 0.4) is 0 Å². The first-order chi connectivity index (χ1) is 8.86. The molecule has 1 aliphatic rings. The van der Waals surface area contributed by atoms with Crippen LogP contribution in [0.1, 0.15) is 26.2 Å². The average Bonchev–Trinajstić information content (AvgIpc) is 2.42. The Hall–Kier alpha value is -0.160. The third kappa shape index (κ3) is 7.31. The van der Waals surface area contributed by atoms with E-state index in [0.717, 1.165) is 45.2 Å². The molecule has 0 saturated carbocycles. The molecule has 0 aromatic rings. The number of nitrogens with zero attached hydrogens (tertiary/aromatic N) is 1. The quantitative estimate of drug-likeness (QED) is 0.600. The van der Waals surface area contributed by atoms with Crippen LogP contribution in [0.5, 0.6) is 0 Å². The van der Waals surface area contributed by atoms with E-state index >= 15 is 0 Å². The number of piperidine rings is 1. The molecule has 1 heterocycles. The molecule has 4 heteroatoms. The first kappa shape index (κ1) is 15.9. The Labute approximate surface area is 112 Å². The lowest BCUT2D eigenvalue weighted by molar-refractivity contribution is 0.103. The predicted molar refractivity (Wildman–Crippen MR) is 75.0 cm³/mol. The molecule has 0 radical (unpaired) electrons. The number of hydrogen-bond donors (Lipinski definition) is 1. The molecule has 18 heavy (non-hydrogen) atoms. The summed E-state index contributed by atoms with van der Waals surface area (Å²) in [5.41, 5.74) is 0. The van der Waals surface area contributed by atoms with Crippen LogP contribution >= 0.6 is 0 Å². The second-order valence-corrected chi connectivity index (χ2v) is 5.04. The maximum Gasteiger partial charge on any atom is 0.0590 e. The molecular formula is C14H30N2O2. The van der Waals surface area contributed by atoms with Gasteiger partial charge in [0, 0.05) is 26.9 Å². The van der Waals surface area contributed by atoms with Gasteiger partial charge in [-0.05, 0) is 51.4 Å². The van der Waals surface area contributed by atoms with Gasteiger partial charge in [-0.15, -0.1) is 0 Å². The van der Waals surface area contributed by atoms with E-state index < -0.39 is 0 Å². The Morgan fingerprint density at radius 2 is 1.94 bits per heavy atom. The van der Waals surface area contributed by atoms with E-state index in [1.807, 2.05) is 0 Å². The van der Waals surface area contributed by atoms with Crippen LogP contribution in [-0.2, 0) is 9.47 Å². The SMILES string of the molecule is CCN1CCC(CNCCOCCCOC)CC1. The monoisotopic (exact) mass is 258 g/mol. The third-order valence-corrected chi connectivity index (χ3v) is 3.65. The standard InChI is InChI=1S/C14H30N2O2/c1-3-16-8-5-14(6-9-16)13-15-7-12-18-11-4-10-17-2/h14-15H,3-13H2,1-2H3. The van der Waals surface area contributed by atoms with Gasteiger partial charge in [-0.2, -0.15) is 0 Å². The summed E-state index contributed by atoms with van der Waals surface area (Å²) in [5.74, 6) is 0.862. The summed E-state index contributed by atoms with van der Waals surface area (Å²) in [6.07, 6.45) is 3.68. The van der Waals surface area contributed by atoms with E-state index in [1.54, 1.807) is 7.11 Å². The molecule has 0 aliphatic carbocycles. The van der Waals surface area contributed by atoms with Crippen molar-refractivity contribution in [3.05, 3.63) is 0 Å². The number of hydrogen-bond acceptors (Lipinski definition) is 4. The number of methoxy groups -OCH3 is 1. The average molecular weight is 258 g/mol. The summed E-state index contributed by atoms with van der Waals surface area (Å²) in [4.78, 5) is 2.54. The van der Waals surface area contributed by atoms with E-state index in [9.17, 15) is 0 Å². The Kier molecular flexibility index (Phi) is 9.48. The first-order valence-corrected chi connectivity index (χ1v) is 7.36. The van der Waals surface area contributed by atoms with Gasteiger partial charge in [0.2, 0.25) is 0 Å². The van der Waals surface area contributed by atoms with Crippen LogP contribution in [0, 0.1) is 5.92 Å². The van der Waals surface area contributed by atoms with Crippen LogP contribution in [0.2, 0.25) is 0 Å². The molecule has 1 fully saturated rings. The maximum atomic E-state index is 5.51. The fourth-order valence-electron chi connectivity index (χ4n) is 2.36. The van der Waals surface area contributed by atoms with Crippen molar-refractivity contribution in [2.75, 3.05) is 59.7 Å². The van der Waals surface area contributed by atoms with Crippen LogP contribution in [0.15, 0.2) is 0 Å². The third-order valence-electron chi connectivity index (χ3n) is 3.65. The van der Waals surface area contributed by atoms with Crippen molar-refractivity contribution in [3.8, 4) is 0 Å². The van der Waals surface area contributed by atoms with Gasteiger partial charge in [-0.25, -0.2) is 0 Å². The van der Waals surface area contributed by atoms with Crippen LogP contribution in [0.25, 0.3) is 0 Å². The van der Waals surface area contributed by atoms with Gasteiger partial charge in [0.1, 0.15) is 0 Å². The van der Waals surface area contributed by atoms with Gasteiger partial charge in [-0.1, -0.05) is 6.92 Å². The van der Waals surface area contributed by atoms with Crippen molar-refractivity contribution in [3.63, 3.8) is 0 Å². The summed E-state index contributed by atoms with van der Waals surface area (Å²) in [6.45, 7) is 10.5. The summed E-state index contributed by atoms with van der Waals surface area (Å²) >= 11 is 0. The highest BCUT2D eigenvalue weighted by molar-refractivity contribution is 4.72. The number of likely N-dealkylation sites (tertiary alicyclic amines) is 1. The van der Waals surface area contributed by atoms with Gasteiger partial charge in [0.25, 0.3) is 0 Å². The Balaban J connectivity index is 1.84. The van der Waals surface area contributed by atoms with Gasteiger partial charge in [-0.3, -0.25) is 0 Å². The minimum atomic E-state index is 0.795. The molecule has 0 amide bonds. The molecule has 0 unspecified atom stereocenters. The van der Waals surface area contributed by atoms with Crippen LogP contribution < -0.4 is 5.32 Å². The molecule has 108 valence electrons. The molecule has 0 bridgehead atoms. The second kappa shape index (κ2) is 10.7. The van der Waals surface area contributed by atoms with Crippen molar-refractivity contribution in [2.24, 2.45) is 5.92 Å². The van der Waals surface area contributed by atoms with Gasteiger partial charge < -0.3 is 19.7 Å². The minimum Gasteiger partial charge on any atom is -0.385 e. The van der Waals surface area contributed by atoms with E-state index in [2.05, 4.69) is 17.1 Å². The summed E-state index contributed by atoms with van der Waals surface area (Å²) < 4.78 is 10.5. The van der Waals surface area contributed by atoms with E-state index in [0.29, 0.717) is 0 Å². The van der Waals surface area contributed by atoms with Crippen molar-refractivity contribution < 1.29 is 9.47 Å². The smallest absolute Gasteiger partial charge is 0.0590 e. The highest BCUT2D eigenvalue weighted by Crippen LogP contribution is 2.15. The molecule has 0 spiro atoms. The summed E-state index contributed by atoms with van der Waals surface area (Å²) in [6, 6.07) is 0. The lowest BCUT2D eigenvalue weighted by Gasteiger charge is -2.31. The zero-order valence-corrected chi connectivity index (χ0v) is 12.1. The van der Waals surface area contributed by atoms with Crippen molar-refractivity contribution in [1.29, 1.82) is 0 Å². The molecule has 1 rings (SSSR count). The Morgan fingerprint density at radius 1 is 1.17 bits per heavy atom. The fourth-order valence-corrected chi connectivity index (χ4v) is 2.36. The molecule has 1 saturated heterocycles. The Morgan fingerprint density at radius 3 is 2.61 bits per heavy atom. The van der Waals surface area contributed by atoms with Gasteiger partial charge in [0.15, 0.2) is 0 Å². The normalized spacial score (nSPS) is 18.3. The molecule has 0 aromatic carbocycles. The maximum absolute atomic E-state index is 5.51. The summed E-state index contributed by atoms with van der Waals surface area (Å²) in [7, 11) is 1.73. The van der Waals surface area contributed by atoms with Gasteiger partial charge >= 0.3 is 0 Å². The van der Waals surface area contributed by atoms with Gasteiger partial charge in [0.05, 0.1) is 6.61 Å². The number of ether oxygens (including phenoxy) is 2. The largest absolute Gasteiger partial charge is 0.385 e. The highest BCUT2D eigenvalue weighted by Gasteiger charge is 2.17. The molecular weight excluding hydrogens is 228 g/mol. The predicted octanol–water partition coefficient (Wildman–Crippen LogP) is 1.36. The molecule has 0 aromatic heterocycles. The van der Waals surface area contributed by atoms with Crippen molar-refractivity contribution >= 4 is 0 Å².